The van der Waals surface area contributed by atoms with Crippen LogP contribution in [0.15, 0.2) is 24.3 Å². The van der Waals surface area contributed by atoms with Gasteiger partial charge in [0.15, 0.2) is 0 Å². The van der Waals surface area contributed by atoms with Crippen molar-refractivity contribution in [1.82, 2.24) is 4.90 Å². The smallest absolute Gasteiger partial charge is 0.267 e. The second-order valence-electron chi connectivity index (χ2n) is 7.38. The Balaban J connectivity index is 3.09. The molecule has 1 rings (SSSR count). The van der Waals surface area contributed by atoms with Crippen LogP contribution in [0.5, 0.6) is 0 Å². The molecule has 26 heavy (non-hydrogen) atoms. The second-order valence-corrected chi connectivity index (χ2v) is 9.10. The molecule has 0 saturated heterocycles. The van der Waals surface area contributed by atoms with Crippen molar-refractivity contribution in [2.24, 2.45) is 0 Å². The summed E-state index contributed by atoms with van der Waals surface area (Å²) in [5.74, 6) is 0.603. The van der Waals surface area contributed by atoms with E-state index in [0.717, 1.165) is 37.8 Å². The van der Waals surface area contributed by atoms with Crippen LogP contribution in [0, 0.1) is 0 Å². The molecule has 0 aliphatic heterocycles. The highest BCUT2D eigenvalue weighted by Crippen LogP contribution is 2.31. The van der Waals surface area contributed by atoms with Gasteiger partial charge in [-0.15, -0.1) is 0 Å². The SMILES string of the molecule is CCCC(CCC)c1cccc(C(CCN(C)C)OS(=O)(=O)CCC)c1. The first kappa shape index (κ1) is 23.1. The molecular weight excluding hydrogens is 346 g/mol. The molecule has 0 aliphatic carbocycles. The predicted molar refractivity (Wildman–Crippen MR) is 110 cm³/mol. The lowest BCUT2D eigenvalue weighted by Crippen LogP contribution is -2.21. The van der Waals surface area contributed by atoms with Gasteiger partial charge in [-0.1, -0.05) is 57.9 Å². The molecule has 1 unspecified atom stereocenters. The maximum Gasteiger partial charge on any atom is 0.267 e. The molecule has 150 valence electrons. The van der Waals surface area contributed by atoms with Crippen molar-refractivity contribution in [3.63, 3.8) is 0 Å². The minimum Gasteiger partial charge on any atom is -0.309 e. The Hall–Kier alpha value is -0.910. The van der Waals surface area contributed by atoms with E-state index in [1.165, 1.54) is 5.56 Å². The van der Waals surface area contributed by atoms with E-state index in [4.69, 9.17) is 4.18 Å². The Morgan fingerprint density at radius 1 is 0.962 bits per heavy atom. The fraction of sp³-hybridized carbons (Fsp3) is 0.714. The highest BCUT2D eigenvalue weighted by Gasteiger charge is 2.22. The summed E-state index contributed by atoms with van der Waals surface area (Å²) < 4.78 is 30.1. The highest BCUT2D eigenvalue weighted by molar-refractivity contribution is 7.86. The van der Waals surface area contributed by atoms with E-state index in [2.05, 4.69) is 30.9 Å². The quantitative estimate of drug-likeness (QED) is 0.444. The summed E-state index contributed by atoms with van der Waals surface area (Å²) in [4.78, 5) is 2.06. The van der Waals surface area contributed by atoms with Crippen LogP contribution in [0.4, 0.5) is 0 Å². The summed E-state index contributed by atoms with van der Waals surface area (Å²) in [6.07, 6.45) is 5.44. The van der Waals surface area contributed by atoms with Crippen molar-refractivity contribution >= 4 is 10.1 Å². The summed E-state index contributed by atoms with van der Waals surface area (Å²) in [6, 6.07) is 8.38. The monoisotopic (exact) mass is 383 g/mol. The Morgan fingerprint density at radius 3 is 2.12 bits per heavy atom. The van der Waals surface area contributed by atoms with Crippen LogP contribution in [0.3, 0.4) is 0 Å². The predicted octanol–water partition coefficient (Wildman–Crippen LogP) is 5.12. The number of hydrogen-bond acceptors (Lipinski definition) is 4. The van der Waals surface area contributed by atoms with Gasteiger partial charge in [0.2, 0.25) is 0 Å². The van der Waals surface area contributed by atoms with E-state index in [0.29, 0.717) is 18.8 Å². The Kier molecular flexibility index (Phi) is 10.4. The Labute approximate surface area is 161 Å². The lowest BCUT2D eigenvalue weighted by molar-refractivity contribution is 0.186. The molecule has 0 aliphatic rings. The summed E-state index contributed by atoms with van der Waals surface area (Å²) in [5.41, 5.74) is 2.28. The van der Waals surface area contributed by atoms with E-state index >= 15 is 0 Å². The molecule has 0 amide bonds. The lowest BCUT2D eigenvalue weighted by Gasteiger charge is -2.22. The third-order valence-corrected chi connectivity index (χ3v) is 6.02. The summed E-state index contributed by atoms with van der Waals surface area (Å²) >= 11 is 0. The van der Waals surface area contributed by atoms with Crippen LogP contribution in [0.2, 0.25) is 0 Å². The number of hydrogen-bond donors (Lipinski definition) is 0. The fourth-order valence-electron chi connectivity index (χ4n) is 3.31. The zero-order valence-corrected chi connectivity index (χ0v) is 18.0. The molecule has 0 radical (unpaired) electrons. The molecule has 0 heterocycles. The van der Waals surface area contributed by atoms with Gasteiger partial charge in [0.05, 0.1) is 5.75 Å². The number of benzene rings is 1. The minimum atomic E-state index is -3.50. The zero-order chi connectivity index (χ0) is 19.6. The first-order chi connectivity index (χ1) is 12.3. The summed E-state index contributed by atoms with van der Waals surface area (Å²) in [5, 5.41) is 0. The van der Waals surface area contributed by atoms with E-state index in [1.54, 1.807) is 0 Å². The largest absolute Gasteiger partial charge is 0.309 e. The van der Waals surface area contributed by atoms with Crippen molar-refractivity contribution in [1.29, 1.82) is 0 Å². The highest BCUT2D eigenvalue weighted by atomic mass is 32.2. The summed E-state index contributed by atoms with van der Waals surface area (Å²) in [6.45, 7) is 7.07. The van der Waals surface area contributed by atoms with E-state index in [9.17, 15) is 8.42 Å². The van der Waals surface area contributed by atoms with Gasteiger partial charge < -0.3 is 4.90 Å². The molecule has 0 spiro atoms. The van der Waals surface area contributed by atoms with Crippen LogP contribution in [-0.2, 0) is 14.3 Å². The van der Waals surface area contributed by atoms with Gasteiger partial charge in [-0.3, -0.25) is 4.18 Å². The Morgan fingerprint density at radius 2 is 1.58 bits per heavy atom. The van der Waals surface area contributed by atoms with Crippen LogP contribution in [0.1, 0.15) is 82.4 Å². The minimum absolute atomic E-state index is 0.0689. The molecule has 0 saturated carbocycles. The first-order valence-corrected chi connectivity index (χ1v) is 11.6. The molecular formula is C21H37NO3S. The number of rotatable bonds is 13. The van der Waals surface area contributed by atoms with Crippen LogP contribution in [0.25, 0.3) is 0 Å². The van der Waals surface area contributed by atoms with Gasteiger partial charge in [-0.25, -0.2) is 0 Å². The summed E-state index contributed by atoms with van der Waals surface area (Å²) in [7, 11) is 0.486. The average Bonchev–Trinajstić information content (AvgIpc) is 2.58. The van der Waals surface area contributed by atoms with Gasteiger partial charge in [0, 0.05) is 6.54 Å². The van der Waals surface area contributed by atoms with Crippen LogP contribution >= 0.6 is 0 Å². The molecule has 5 heteroatoms. The molecule has 1 aromatic carbocycles. The Bertz CT molecular complexity index is 607. The fourth-order valence-corrected chi connectivity index (χ4v) is 4.47. The first-order valence-electron chi connectivity index (χ1n) is 9.98. The van der Waals surface area contributed by atoms with E-state index < -0.39 is 16.2 Å². The van der Waals surface area contributed by atoms with Gasteiger partial charge >= 0.3 is 0 Å². The van der Waals surface area contributed by atoms with Gasteiger partial charge in [0.25, 0.3) is 10.1 Å². The van der Waals surface area contributed by atoms with E-state index in [1.807, 2.05) is 33.2 Å². The third-order valence-electron chi connectivity index (χ3n) is 4.58. The van der Waals surface area contributed by atoms with Crippen molar-refractivity contribution < 1.29 is 12.6 Å². The second kappa shape index (κ2) is 11.7. The van der Waals surface area contributed by atoms with Gasteiger partial charge in [-0.2, -0.15) is 8.42 Å². The van der Waals surface area contributed by atoms with Crippen molar-refractivity contribution in [3.8, 4) is 0 Å². The van der Waals surface area contributed by atoms with Gasteiger partial charge in [0.1, 0.15) is 6.10 Å². The maximum atomic E-state index is 12.2. The molecule has 0 N–H and O–H groups in total. The lowest BCUT2D eigenvalue weighted by atomic mass is 9.88. The molecule has 1 aromatic rings. The van der Waals surface area contributed by atoms with Crippen molar-refractivity contribution in [3.05, 3.63) is 35.4 Å². The van der Waals surface area contributed by atoms with Crippen LogP contribution in [-0.4, -0.2) is 39.7 Å². The topological polar surface area (TPSA) is 46.6 Å². The molecule has 0 aromatic heterocycles. The molecule has 0 bridgehead atoms. The average molecular weight is 384 g/mol. The number of nitrogens with zero attached hydrogens (tertiary/aromatic N) is 1. The normalized spacial score (nSPS) is 13.5. The molecule has 0 fully saturated rings. The van der Waals surface area contributed by atoms with Crippen molar-refractivity contribution in [2.75, 3.05) is 26.4 Å². The molecule has 4 nitrogen and oxygen atoms in total. The van der Waals surface area contributed by atoms with Crippen molar-refractivity contribution in [2.45, 2.75) is 71.3 Å². The van der Waals surface area contributed by atoms with Gasteiger partial charge in [-0.05, 0) is 56.8 Å². The molecule has 1 atom stereocenters. The van der Waals surface area contributed by atoms with E-state index in [-0.39, 0.29) is 5.75 Å². The third kappa shape index (κ3) is 8.19. The standard InChI is InChI=1S/C21H37NO3S/c1-6-10-18(11-7-2)19-12-9-13-20(17-19)21(14-15-22(4)5)25-26(23,24)16-8-3/h9,12-13,17-18,21H,6-8,10-11,14-16H2,1-5H3. The maximum absolute atomic E-state index is 12.2. The zero-order valence-electron chi connectivity index (χ0n) is 17.2. The van der Waals surface area contributed by atoms with Crippen LogP contribution < -0.4 is 0 Å².